The highest BCUT2D eigenvalue weighted by Crippen LogP contribution is 2.34. The second kappa shape index (κ2) is 6.90. The van der Waals surface area contributed by atoms with Crippen molar-refractivity contribution in [1.29, 1.82) is 0 Å². The third-order valence-electron chi connectivity index (χ3n) is 4.08. The highest BCUT2D eigenvalue weighted by molar-refractivity contribution is 8.18. The van der Waals surface area contributed by atoms with Gasteiger partial charge in [-0.2, -0.15) is 4.99 Å². The van der Waals surface area contributed by atoms with Crippen LogP contribution in [0.2, 0.25) is 10.0 Å². The summed E-state index contributed by atoms with van der Waals surface area (Å²) in [6.07, 6.45) is 4.03. The van der Waals surface area contributed by atoms with E-state index in [2.05, 4.69) is 9.89 Å². The number of benzene rings is 1. The predicted octanol–water partition coefficient (Wildman–Crippen LogP) is 5.32. The summed E-state index contributed by atoms with van der Waals surface area (Å²) >= 11 is 13.5. The number of likely N-dealkylation sites (tertiary alicyclic amines) is 1. The topological polar surface area (TPSA) is 45.8 Å². The number of carbonyl (C=O) groups excluding carboxylic acids is 1. The second-order valence-corrected chi connectivity index (χ2v) is 7.68. The molecule has 2 aromatic rings. The van der Waals surface area contributed by atoms with Gasteiger partial charge in [-0.15, -0.1) is 0 Å². The monoisotopic (exact) mass is 392 g/mol. The van der Waals surface area contributed by atoms with Gasteiger partial charge in [-0.3, -0.25) is 4.79 Å². The van der Waals surface area contributed by atoms with Gasteiger partial charge in [0.2, 0.25) is 0 Å². The summed E-state index contributed by atoms with van der Waals surface area (Å²) in [5.74, 6) is 1.01. The van der Waals surface area contributed by atoms with Gasteiger partial charge in [0.1, 0.15) is 11.5 Å². The number of rotatable bonds is 2. The van der Waals surface area contributed by atoms with Gasteiger partial charge >= 0.3 is 0 Å². The lowest BCUT2D eigenvalue weighted by atomic mass is 10.2. The number of amides is 1. The van der Waals surface area contributed by atoms with E-state index >= 15 is 0 Å². The summed E-state index contributed by atoms with van der Waals surface area (Å²) in [6.45, 7) is 1.93. The van der Waals surface area contributed by atoms with Crippen LogP contribution in [0.1, 0.15) is 18.6 Å². The molecule has 1 aromatic carbocycles. The molecule has 0 spiro atoms. The van der Waals surface area contributed by atoms with Gasteiger partial charge in [0.25, 0.3) is 5.91 Å². The molecule has 1 aromatic heterocycles. The van der Waals surface area contributed by atoms with Crippen molar-refractivity contribution in [3.8, 4) is 11.3 Å². The first-order valence-electron chi connectivity index (χ1n) is 7.93. The molecular formula is C18H14Cl2N2O2S. The molecule has 0 saturated carbocycles. The fourth-order valence-electron chi connectivity index (χ4n) is 2.84. The van der Waals surface area contributed by atoms with Crippen molar-refractivity contribution in [3.63, 3.8) is 0 Å². The fraction of sp³-hybridized carbons (Fsp3) is 0.222. The van der Waals surface area contributed by atoms with E-state index in [1.54, 1.807) is 18.2 Å². The fourth-order valence-corrected chi connectivity index (χ4v) is 4.28. The van der Waals surface area contributed by atoms with Crippen LogP contribution in [0.5, 0.6) is 0 Å². The van der Waals surface area contributed by atoms with Crippen LogP contribution < -0.4 is 0 Å². The molecule has 1 amide bonds. The van der Waals surface area contributed by atoms with Crippen molar-refractivity contribution in [2.45, 2.75) is 12.8 Å². The van der Waals surface area contributed by atoms with Gasteiger partial charge in [-0.05, 0) is 54.9 Å². The average molecular weight is 393 g/mol. The van der Waals surface area contributed by atoms with Gasteiger partial charge in [0, 0.05) is 29.8 Å². The minimum Gasteiger partial charge on any atom is -0.457 e. The Morgan fingerprint density at radius 1 is 1.16 bits per heavy atom. The van der Waals surface area contributed by atoms with Crippen molar-refractivity contribution in [2.75, 3.05) is 13.1 Å². The number of furan rings is 1. The molecule has 1 fully saturated rings. The lowest BCUT2D eigenvalue weighted by Crippen LogP contribution is -2.23. The van der Waals surface area contributed by atoms with Crippen molar-refractivity contribution >= 4 is 52.1 Å². The summed E-state index contributed by atoms with van der Waals surface area (Å²) in [4.78, 5) is 19.0. The molecule has 0 unspecified atom stereocenters. The second-order valence-electron chi connectivity index (χ2n) is 5.83. The number of carbonyl (C=O) groups is 1. The van der Waals surface area contributed by atoms with Crippen LogP contribution in [0.3, 0.4) is 0 Å². The average Bonchev–Trinajstić information content (AvgIpc) is 3.30. The molecule has 4 nitrogen and oxygen atoms in total. The van der Waals surface area contributed by atoms with Crippen LogP contribution in [-0.2, 0) is 4.79 Å². The number of nitrogens with zero attached hydrogens (tertiary/aromatic N) is 2. The van der Waals surface area contributed by atoms with E-state index in [0.717, 1.165) is 36.7 Å². The SMILES string of the molecule is O=C1N=C(N2CCCC2)S/C1=C/c1ccc(-c2ccc(Cl)cc2Cl)o1. The van der Waals surface area contributed by atoms with Gasteiger partial charge < -0.3 is 9.32 Å². The smallest absolute Gasteiger partial charge is 0.286 e. The maximum atomic E-state index is 12.1. The van der Waals surface area contributed by atoms with E-state index in [1.807, 2.05) is 18.2 Å². The number of halogens is 2. The van der Waals surface area contributed by atoms with Crippen LogP contribution in [0.4, 0.5) is 0 Å². The molecule has 2 aliphatic heterocycles. The number of hydrogen-bond donors (Lipinski definition) is 0. The van der Waals surface area contributed by atoms with Crippen molar-refractivity contribution in [2.24, 2.45) is 4.99 Å². The Kier molecular flexibility index (Phi) is 4.63. The Morgan fingerprint density at radius 3 is 2.72 bits per heavy atom. The first kappa shape index (κ1) is 16.8. The third kappa shape index (κ3) is 3.50. The normalized spacial score (nSPS) is 19.1. The zero-order valence-electron chi connectivity index (χ0n) is 13.2. The summed E-state index contributed by atoms with van der Waals surface area (Å²) in [5, 5.41) is 1.88. The molecular weight excluding hydrogens is 379 g/mol. The van der Waals surface area contributed by atoms with Crippen LogP contribution in [0, 0.1) is 0 Å². The number of hydrogen-bond acceptors (Lipinski definition) is 4. The molecule has 7 heteroatoms. The van der Waals surface area contributed by atoms with E-state index in [1.165, 1.54) is 11.8 Å². The highest BCUT2D eigenvalue weighted by atomic mass is 35.5. The van der Waals surface area contributed by atoms with E-state index in [9.17, 15) is 4.79 Å². The number of amidine groups is 1. The largest absolute Gasteiger partial charge is 0.457 e. The van der Waals surface area contributed by atoms with E-state index < -0.39 is 0 Å². The maximum Gasteiger partial charge on any atom is 0.286 e. The minimum atomic E-state index is -0.214. The molecule has 0 bridgehead atoms. The molecule has 0 aliphatic carbocycles. The summed E-state index contributed by atoms with van der Waals surface area (Å²) in [6, 6.07) is 8.88. The Bertz CT molecular complexity index is 898. The molecule has 0 radical (unpaired) electrons. The van der Waals surface area contributed by atoms with Crippen molar-refractivity contribution in [1.82, 2.24) is 4.90 Å². The first-order chi connectivity index (χ1) is 12.1. The molecule has 0 N–H and O–H groups in total. The minimum absolute atomic E-state index is 0.214. The van der Waals surface area contributed by atoms with E-state index in [4.69, 9.17) is 27.6 Å². The lowest BCUT2D eigenvalue weighted by Gasteiger charge is -2.14. The Labute approximate surface area is 159 Å². The van der Waals surface area contributed by atoms with Gasteiger partial charge in [0.15, 0.2) is 5.17 Å². The Balaban J connectivity index is 1.55. The maximum absolute atomic E-state index is 12.1. The van der Waals surface area contributed by atoms with E-state index in [0.29, 0.717) is 26.5 Å². The predicted molar refractivity (Wildman–Crippen MR) is 103 cm³/mol. The third-order valence-corrected chi connectivity index (χ3v) is 5.67. The van der Waals surface area contributed by atoms with Crippen LogP contribution in [0.25, 0.3) is 17.4 Å². The molecule has 4 rings (SSSR count). The molecule has 0 atom stereocenters. The number of thioether (sulfide) groups is 1. The highest BCUT2D eigenvalue weighted by Gasteiger charge is 2.27. The lowest BCUT2D eigenvalue weighted by molar-refractivity contribution is -0.113. The van der Waals surface area contributed by atoms with E-state index in [-0.39, 0.29) is 5.91 Å². The van der Waals surface area contributed by atoms with Gasteiger partial charge in [-0.25, -0.2) is 0 Å². The van der Waals surface area contributed by atoms with Crippen LogP contribution in [0.15, 0.2) is 44.6 Å². The molecule has 25 heavy (non-hydrogen) atoms. The molecule has 3 heterocycles. The van der Waals surface area contributed by atoms with Crippen LogP contribution in [-0.4, -0.2) is 29.1 Å². The Hall–Kier alpha value is -1.69. The van der Waals surface area contributed by atoms with Gasteiger partial charge in [-0.1, -0.05) is 23.2 Å². The van der Waals surface area contributed by atoms with Crippen molar-refractivity contribution in [3.05, 3.63) is 51.0 Å². The number of aliphatic imine (C=N–C) groups is 1. The van der Waals surface area contributed by atoms with Gasteiger partial charge in [0.05, 0.1) is 9.93 Å². The zero-order chi connectivity index (χ0) is 17.4. The van der Waals surface area contributed by atoms with Crippen LogP contribution >= 0.6 is 35.0 Å². The van der Waals surface area contributed by atoms with Crippen molar-refractivity contribution < 1.29 is 9.21 Å². The molecule has 2 aliphatic rings. The standard InChI is InChI=1S/C18H14Cl2N2O2S/c19-11-3-5-13(14(20)9-11)15-6-4-12(24-15)10-16-17(23)21-18(25-16)22-7-1-2-8-22/h3-6,9-10H,1-2,7-8H2/b16-10+. The summed E-state index contributed by atoms with van der Waals surface area (Å²) in [7, 11) is 0. The zero-order valence-corrected chi connectivity index (χ0v) is 15.5. The quantitative estimate of drug-likeness (QED) is 0.648. The molecule has 1 saturated heterocycles. The molecule has 128 valence electrons. The first-order valence-corrected chi connectivity index (χ1v) is 9.50. The summed E-state index contributed by atoms with van der Waals surface area (Å²) < 4.78 is 5.83. The Morgan fingerprint density at radius 2 is 1.96 bits per heavy atom. The summed E-state index contributed by atoms with van der Waals surface area (Å²) in [5.41, 5.74) is 0.759.